The van der Waals surface area contributed by atoms with E-state index in [1.807, 2.05) is 22.7 Å². The van der Waals surface area contributed by atoms with Gasteiger partial charge in [-0.05, 0) is 35.7 Å². The Balaban J connectivity index is 1.54. The second kappa shape index (κ2) is 11.0. The van der Waals surface area contributed by atoms with Gasteiger partial charge in [0.2, 0.25) is 0 Å². The SMILES string of the molecule is CCCCCCCCCCCCc1sccc1-c1cccs1. The largest absolute Gasteiger partial charge is 0.148 e. The fourth-order valence-corrected chi connectivity index (χ4v) is 4.74. The smallest absolute Gasteiger partial charge is 0.0353 e. The van der Waals surface area contributed by atoms with Gasteiger partial charge in [0, 0.05) is 15.3 Å². The molecule has 2 heterocycles. The van der Waals surface area contributed by atoms with Crippen LogP contribution < -0.4 is 0 Å². The second-order valence-corrected chi connectivity index (χ2v) is 8.12. The maximum atomic E-state index is 2.29. The Morgan fingerprint density at radius 2 is 1.41 bits per heavy atom. The third kappa shape index (κ3) is 6.26. The first-order valence-electron chi connectivity index (χ1n) is 9.02. The molecule has 0 bridgehead atoms. The number of rotatable bonds is 12. The number of hydrogen-bond donors (Lipinski definition) is 0. The highest BCUT2D eigenvalue weighted by Crippen LogP contribution is 2.32. The summed E-state index contributed by atoms with van der Waals surface area (Å²) in [5.41, 5.74) is 1.48. The van der Waals surface area contributed by atoms with Crippen molar-refractivity contribution in [2.24, 2.45) is 0 Å². The first kappa shape index (κ1) is 17.7. The standard InChI is InChI=1S/C20H30S2/c1-2-3-4-5-6-7-8-9-10-11-13-19-18(15-17-22-19)20-14-12-16-21-20/h12,14-17H,2-11,13H2,1H3. The average Bonchev–Trinajstić information content (AvgIpc) is 3.19. The number of hydrogen-bond acceptors (Lipinski definition) is 2. The molecule has 0 aliphatic rings. The second-order valence-electron chi connectivity index (χ2n) is 6.17. The quantitative estimate of drug-likeness (QED) is 0.345. The van der Waals surface area contributed by atoms with E-state index >= 15 is 0 Å². The summed E-state index contributed by atoms with van der Waals surface area (Å²) in [6, 6.07) is 6.69. The Kier molecular flexibility index (Phi) is 8.89. The molecule has 0 aliphatic carbocycles. The predicted molar refractivity (Wildman–Crippen MR) is 103 cm³/mol. The lowest BCUT2D eigenvalue weighted by Gasteiger charge is -2.03. The van der Waals surface area contributed by atoms with Crippen molar-refractivity contribution in [3.8, 4) is 10.4 Å². The number of unbranched alkanes of at least 4 members (excludes halogenated alkanes) is 9. The molecule has 2 aromatic heterocycles. The topological polar surface area (TPSA) is 0 Å². The van der Waals surface area contributed by atoms with Crippen molar-refractivity contribution in [3.63, 3.8) is 0 Å². The van der Waals surface area contributed by atoms with Crippen LogP contribution in [0.2, 0.25) is 0 Å². The van der Waals surface area contributed by atoms with Crippen LogP contribution in [0.4, 0.5) is 0 Å². The van der Waals surface area contributed by atoms with Gasteiger partial charge in [-0.15, -0.1) is 22.7 Å². The van der Waals surface area contributed by atoms with Crippen molar-refractivity contribution in [2.75, 3.05) is 0 Å². The molecule has 0 aliphatic heterocycles. The van der Waals surface area contributed by atoms with E-state index < -0.39 is 0 Å². The van der Waals surface area contributed by atoms with Gasteiger partial charge in [-0.1, -0.05) is 70.8 Å². The summed E-state index contributed by atoms with van der Waals surface area (Å²) >= 11 is 3.79. The molecule has 2 heteroatoms. The highest BCUT2D eigenvalue weighted by atomic mass is 32.1. The summed E-state index contributed by atoms with van der Waals surface area (Å²) in [4.78, 5) is 3.02. The summed E-state index contributed by atoms with van der Waals surface area (Å²) in [7, 11) is 0. The molecule has 0 aromatic carbocycles. The Hall–Kier alpha value is -0.600. The van der Waals surface area contributed by atoms with E-state index in [2.05, 4.69) is 35.9 Å². The minimum atomic E-state index is 1.27. The molecule has 122 valence electrons. The van der Waals surface area contributed by atoms with Crippen LogP contribution in [0.3, 0.4) is 0 Å². The van der Waals surface area contributed by atoms with Crippen molar-refractivity contribution < 1.29 is 0 Å². The van der Waals surface area contributed by atoms with E-state index in [1.54, 1.807) is 4.88 Å². The van der Waals surface area contributed by atoms with E-state index in [0.717, 1.165) is 0 Å². The first-order chi connectivity index (χ1) is 10.9. The molecule has 0 fully saturated rings. The Bertz CT molecular complexity index is 482. The van der Waals surface area contributed by atoms with Crippen LogP contribution in [0.5, 0.6) is 0 Å². The maximum absolute atomic E-state index is 2.29. The monoisotopic (exact) mass is 334 g/mol. The molecule has 2 aromatic rings. The van der Waals surface area contributed by atoms with Gasteiger partial charge in [0.25, 0.3) is 0 Å². The van der Waals surface area contributed by atoms with Gasteiger partial charge in [-0.25, -0.2) is 0 Å². The predicted octanol–water partition coefficient (Wildman–Crippen LogP) is 7.94. The third-order valence-corrected chi connectivity index (χ3v) is 6.17. The van der Waals surface area contributed by atoms with E-state index in [4.69, 9.17) is 0 Å². The van der Waals surface area contributed by atoms with E-state index in [0.29, 0.717) is 0 Å². The molecule has 0 nitrogen and oxygen atoms in total. The Labute approximate surface area is 144 Å². The zero-order valence-electron chi connectivity index (χ0n) is 14.0. The highest BCUT2D eigenvalue weighted by molar-refractivity contribution is 7.14. The van der Waals surface area contributed by atoms with Gasteiger partial charge in [-0.2, -0.15) is 0 Å². The fraction of sp³-hybridized carbons (Fsp3) is 0.600. The van der Waals surface area contributed by atoms with Crippen molar-refractivity contribution in [1.82, 2.24) is 0 Å². The van der Waals surface area contributed by atoms with E-state index in [1.165, 1.54) is 81.1 Å². The lowest BCUT2D eigenvalue weighted by Crippen LogP contribution is -1.86. The van der Waals surface area contributed by atoms with Crippen LogP contribution in [0.25, 0.3) is 10.4 Å². The molecular formula is C20H30S2. The van der Waals surface area contributed by atoms with Crippen LogP contribution in [-0.4, -0.2) is 0 Å². The Morgan fingerprint density at radius 1 is 0.727 bits per heavy atom. The lowest BCUT2D eigenvalue weighted by molar-refractivity contribution is 0.557. The van der Waals surface area contributed by atoms with Crippen LogP contribution in [0.15, 0.2) is 29.0 Å². The summed E-state index contributed by atoms with van der Waals surface area (Å²) in [5.74, 6) is 0. The maximum Gasteiger partial charge on any atom is 0.0353 e. The van der Waals surface area contributed by atoms with Gasteiger partial charge in [0.05, 0.1) is 0 Å². The summed E-state index contributed by atoms with van der Waals surface area (Å²) in [6.45, 7) is 2.29. The van der Waals surface area contributed by atoms with Crippen LogP contribution in [-0.2, 0) is 6.42 Å². The molecule has 0 spiro atoms. The molecule has 0 unspecified atom stereocenters. The van der Waals surface area contributed by atoms with Gasteiger partial charge in [-0.3, -0.25) is 0 Å². The van der Waals surface area contributed by atoms with Gasteiger partial charge >= 0.3 is 0 Å². The third-order valence-electron chi connectivity index (χ3n) is 4.29. The number of thiophene rings is 2. The van der Waals surface area contributed by atoms with Gasteiger partial charge in [0.15, 0.2) is 0 Å². The summed E-state index contributed by atoms with van der Waals surface area (Å²) in [5, 5.41) is 4.43. The average molecular weight is 335 g/mol. The van der Waals surface area contributed by atoms with Crippen molar-refractivity contribution in [3.05, 3.63) is 33.8 Å². The van der Waals surface area contributed by atoms with Gasteiger partial charge < -0.3 is 0 Å². The Morgan fingerprint density at radius 3 is 2.05 bits per heavy atom. The molecular weight excluding hydrogens is 304 g/mol. The van der Waals surface area contributed by atoms with E-state index in [9.17, 15) is 0 Å². The van der Waals surface area contributed by atoms with E-state index in [-0.39, 0.29) is 0 Å². The lowest BCUT2D eigenvalue weighted by atomic mass is 10.0. The molecule has 0 radical (unpaired) electrons. The fourth-order valence-electron chi connectivity index (χ4n) is 2.96. The molecule has 0 N–H and O–H groups in total. The normalized spacial score (nSPS) is 11.1. The van der Waals surface area contributed by atoms with Gasteiger partial charge in [0.1, 0.15) is 0 Å². The molecule has 22 heavy (non-hydrogen) atoms. The molecule has 0 saturated heterocycles. The van der Waals surface area contributed by atoms with Crippen LogP contribution >= 0.6 is 22.7 Å². The molecule has 2 rings (SSSR count). The first-order valence-corrected chi connectivity index (χ1v) is 10.8. The zero-order chi connectivity index (χ0) is 15.5. The van der Waals surface area contributed by atoms with Crippen molar-refractivity contribution in [1.29, 1.82) is 0 Å². The minimum absolute atomic E-state index is 1.27. The summed E-state index contributed by atoms with van der Waals surface area (Å²) in [6.07, 6.45) is 15.5. The molecule has 0 saturated carbocycles. The van der Waals surface area contributed by atoms with Crippen molar-refractivity contribution in [2.45, 2.75) is 77.6 Å². The van der Waals surface area contributed by atoms with Crippen LogP contribution in [0, 0.1) is 0 Å². The molecule has 0 amide bonds. The van der Waals surface area contributed by atoms with Crippen molar-refractivity contribution >= 4 is 22.7 Å². The molecule has 0 atom stereocenters. The highest BCUT2D eigenvalue weighted by Gasteiger charge is 2.07. The minimum Gasteiger partial charge on any atom is -0.148 e. The zero-order valence-corrected chi connectivity index (χ0v) is 15.6. The summed E-state index contributed by atoms with van der Waals surface area (Å²) < 4.78 is 0. The number of aryl methyl sites for hydroxylation is 1. The van der Waals surface area contributed by atoms with Crippen LogP contribution in [0.1, 0.15) is 76.0 Å².